The van der Waals surface area contributed by atoms with Crippen molar-refractivity contribution in [2.75, 3.05) is 26.2 Å². The van der Waals surface area contributed by atoms with Gasteiger partial charge in [-0.1, -0.05) is 40.5 Å². The summed E-state index contributed by atoms with van der Waals surface area (Å²) in [5.74, 6) is 0. The Hall–Kier alpha value is -0.0800. The maximum Gasteiger partial charge on any atom is 0.00953 e. The van der Waals surface area contributed by atoms with Crippen molar-refractivity contribution in [2.24, 2.45) is 5.41 Å². The molecule has 0 aromatic rings. The smallest absolute Gasteiger partial charge is 0.00953 e. The molecule has 1 rings (SSSR count). The predicted molar refractivity (Wildman–Crippen MR) is 71.8 cm³/mol. The third-order valence-electron chi connectivity index (χ3n) is 3.73. The van der Waals surface area contributed by atoms with Crippen molar-refractivity contribution in [3.8, 4) is 0 Å². The summed E-state index contributed by atoms with van der Waals surface area (Å²) in [6, 6.07) is 0.867. The monoisotopic (exact) mass is 226 g/mol. The summed E-state index contributed by atoms with van der Waals surface area (Å²) in [5, 5.41) is 3.48. The summed E-state index contributed by atoms with van der Waals surface area (Å²) in [6.45, 7) is 13.9. The first-order valence-electron chi connectivity index (χ1n) is 7.04. The highest BCUT2D eigenvalue weighted by Crippen LogP contribution is 2.26. The lowest BCUT2D eigenvalue weighted by molar-refractivity contribution is 0.135. The van der Waals surface area contributed by atoms with Crippen molar-refractivity contribution >= 4 is 0 Å². The van der Waals surface area contributed by atoms with Crippen LogP contribution in [-0.4, -0.2) is 37.1 Å². The molecule has 0 aromatic carbocycles. The number of nitrogens with zero attached hydrogens (tertiary/aromatic N) is 1. The minimum Gasteiger partial charge on any atom is -0.316 e. The summed E-state index contributed by atoms with van der Waals surface area (Å²) in [6.07, 6.45) is 5.72. The molecule has 0 aromatic heterocycles. The van der Waals surface area contributed by atoms with Crippen molar-refractivity contribution in [3.63, 3.8) is 0 Å². The van der Waals surface area contributed by atoms with Crippen molar-refractivity contribution in [3.05, 3.63) is 0 Å². The van der Waals surface area contributed by atoms with Crippen LogP contribution in [0.3, 0.4) is 0 Å². The van der Waals surface area contributed by atoms with Gasteiger partial charge < -0.3 is 10.2 Å². The van der Waals surface area contributed by atoms with E-state index in [1.54, 1.807) is 0 Å². The minimum atomic E-state index is 0.397. The van der Waals surface area contributed by atoms with E-state index in [9.17, 15) is 0 Å². The average molecular weight is 226 g/mol. The van der Waals surface area contributed by atoms with Crippen molar-refractivity contribution in [1.29, 1.82) is 0 Å². The van der Waals surface area contributed by atoms with Crippen molar-refractivity contribution in [2.45, 2.75) is 59.4 Å². The highest BCUT2D eigenvalue weighted by Gasteiger charge is 2.27. The van der Waals surface area contributed by atoms with Crippen LogP contribution in [0.2, 0.25) is 0 Å². The Morgan fingerprint density at radius 1 is 1.19 bits per heavy atom. The van der Waals surface area contributed by atoms with Gasteiger partial charge in [0.05, 0.1) is 0 Å². The maximum atomic E-state index is 3.48. The summed E-state index contributed by atoms with van der Waals surface area (Å²) in [4.78, 5) is 2.70. The lowest BCUT2D eigenvalue weighted by Crippen LogP contribution is -2.44. The fraction of sp³-hybridized carbons (Fsp3) is 1.00. The number of hydrogen-bond acceptors (Lipinski definition) is 2. The third kappa shape index (κ3) is 4.42. The molecule has 1 fully saturated rings. The highest BCUT2D eigenvalue weighted by atomic mass is 15.2. The molecule has 0 atom stereocenters. The molecular weight excluding hydrogens is 196 g/mol. The van der Waals surface area contributed by atoms with Crippen LogP contribution in [0.25, 0.3) is 0 Å². The van der Waals surface area contributed by atoms with E-state index in [0.29, 0.717) is 5.41 Å². The lowest BCUT2D eigenvalue weighted by Gasteiger charge is -2.36. The first-order valence-corrected chi connectivity index (χ1v) is 7.04. The van der Waals surface area contributed by atoms with Crippen LogP contribution in [0.1, 0.15) is 53.4 Å². The van der Waals surface area contributed by atoms with Gasteiger partial charge in [-0.15, -0.1) is 0 Å². The zero-order valence-electron chi connectivity index (χ0n) is 11.7. The second-order valence-corrected chi connectivity index (χ2v) is 5.95. The first-order chi connectivity index (χ1) is 7.59. The maximum absolute atomic E-state index is 3.48. The molecule has 2 nitrogen and oxygen atoms in total. The largest absolute Gasteiger partial charge is 0.316 e. The normalized spacial score (nSPS) is 18.6. The van der Waals surface area contributed by atoms with E-state index >= 15 is 0 Å². The topological polar surface area (TPSA) is 15.3 Å². The molecule has 1 aliphatic rings. The van der Waals surface area contributed by atoms with Crippen molar-refractivity contribution < 1.29 is 0 Å². The predicted octanol–water partition coefficient (Wildman–Crippen LogP) is 2.89. The zero-order chi connectivity index (χ0) is 12.0. The molecular formula is C14H30N2. The van der Waals surface area contributed by atoms with Gasteiger partial charge in [0.2, 0.25) is 0 Å². The first kappa shape index (κ1) is 14.0. The molecule has 0 radical (unpaired) electrons. The van der Waals surface area contributed by atoms with Crippen LogP contribution in [0.5, 0.6) is 0 Å². The Kier molecular flexibility index (Phi) is 5.77. The Balaban J connectivity index is 2.41. The standard InChI is InChI=1S/C14H30N2/c1-5-15-11-14(3,4)12-16(6-2)13-9-7-8-10-13/h13,15H,5-12H2,1-4H3. The fourth-order valence-corrected chi connectivity index (χ4v) is 2.84. The third-order valence-corrected chi connectivity index (χ3v) is 3.73. The SMILES string of the molecule is CCNCC(C)(C)CN(CC)C1CCCC1. The summed E-state index contributed by atoms with van der Waals surface area (Å²) in [5.41, 5.74) is 0.397. The van der Waals surface area contributed by atoms with Gasteiger partial charge >= 0.3 is 0 Å². The molecule has 0 spiro atoms. The molecule has 2 heteroatoms. The molecule has 96 valence electrons. The molecule has 0 heterocycles. The van der Waals surface area contributed by atoms with Crippen LogP contribution >= 0.6 is 0 Å². The van der Waals surface area contributed by atoms with Gasteiger partial charge in [-0.05, 0) is 31.3 Å². The molecule has 16 heavy (non-hydrogen) atoms. The van der Waals surface area contributed by atoms with E-state index in [1.165, 1.54) is 38.8 Å². The second-order valence-electron chi connectivity index (χ2n) is 5.95. The molecule has 0 aliphatic heterocycles. The Morgan fingerprint density at radius 2 is 1.81 bits per heavy atom. The van der Waals surface area contributed by atoms with Gasteiger partial charge in [0.1, 0.15) is 0 Å². The van der Waals surface area contributed by atoms with E-state index in [2.05, 4.69) is 37.9 Å². The number of rotatable bonds is 7. The van der Waals surface area contributed by atoms with Gasteiger partial charge in [-0.25, -0.2) is 0 Å². The Bertz CT molecular complexity index is 183. The van der Waals surface area contributed by atoms with Crippen LogP contribution in [0.4, 0.5) is 0 Å². The van der Waals surface area contributed by atoms with E-state index in [1.807, 2.05) is 0 Å². The number of hydrogen-bond donors (Lipinski definition) is 1. The van der Waals surface area contributed by atoms with Crippen molar-refractivity contribution in [1.82, 2.24) is 10.2 Å². The van der Waals surface area contributed by atoms with E-state index in [0.717, 1.165) is 19.1 Å². The molecule has 1 saturated carbocycles. The van der Waals surface area contributed by atoms with E-state index in [-0.39, 0.29) is 0 Å². The molecule has 1 N–H and O–H groups in total. The quantitative estimate of drug-likeness (QED) is 0.718. The molecule has 0 saturated heterocycles. The zero-order valence-corrected chi connectivity index (χ0v) is 11.7. The molecule has 0 bridgehead atoms. The summed E-state index contributed by atoms with van der Waals surface area (Å²) in [7, 11) is 0. The van der Waals surface area contributed by atoms with Gasteiger partial charge in [0.15, 0.2) is 0 Å². The average Bonchev–Trinajstić information content (AvgIpc) is 2.76. The summed E-state index contributed by atoms with van der Waals surface area (Å²) >= 11 is 0. The van der Waals surface area contributed by atoms with Crippen LogP contribution in [0.15, 0.2) is 0 Å². The second kappa shape index (κ2) is 6.61. The van der Waals surface area contributed by atoms with Gasteiger partial charge in [0, 0.05) is 19.1 Å². The highest BCUT2D eigenvalue weighted by molar-refractivity contribution is 4.82. The molecule has 1 aliphatic carbocycles. The van der Waals surface area contributed by atoms with Crippen LogP contribution < -0.4 is 5.32 Å². The number of nitrogens with one attached hydrogen (secondary N) is 1. The lowest BCUT2D eigenvalue weighted by atomic mass is 9.91. The summed E-state index contributed by atoms with van der Waals surface area (Å²) < 4.78 is 0. The molecule has 0 amide bonds. The molecule has 0 unspecified atom stereocenters. The van der Waals surface area contributed by atoms with Gasteiger partial charge in [-0.2, -0.15) is 0 Å². The van der Waals surface area contributed by atoms with Crippen LogP contribution in [0, 0.1) is 5.41 Å². The Morgan fingerprint density at radius 3 is 2.31 bits per heavy atom. The van der Waals surface area contributed by atoms with E-state index < -0.39 is 0 Å². The minimum absolute atomic E-state index is 0.397. The van der Waals surface area contributed by atoms with Gasteiger partial charge in [0.25, 0.3) is 0 Å². The Labute approximate surface area is 102 Å². The fourth-order valence-electron chi connectivity index (χ4n) is 2.84. The van der Waals surface area contributed by atoms with E-state index in [4.69, 9.17) is 0 Å². The van der Waals surface area contributed by atoms with Crippen LogP contribution in [-0.2, 0) is 0 Å². The van der Waals surface area contributed by atoms with Gasteiger partial charge in [-0.3, -0.25) is 0 Å².